The number of hydrogen-bond acceptors (Lipinski definition) is 5. The van der Waals surface area contributed by atoms with E-state index in [1.54, 1.807) is 44.8 Å². The number of amides is 2. The van der Waals surface area contributed by atoms with Gasteiger partial charge in [0, 0.05) is 24.0 Å². The van der Waals surface area contributed by atoms with E-state index in [0.29, 0.717) is 29.8 Å². The molecule has 0 spiro atoms. The van der Waals surface area contributed by atoms with E-state index in [4.69, 9.17) is 14.6 Å². The molecule has 1 fully saturated rings. The molecule has 0 saturated heterocycles. The first-order valence-electron chi connectivity index (χ1n) is 10.4. The third-order valence-electron chi connectivity index (χ3n) is 5.52. The highest BCUT2D eigenvalue weighted by Crippen LogP contribution is 2.33. The minimum absolute atomic E-state index is 0.322. The number of carbonyl (C=O) groups excluding carboxylic acids is 1. The molecule has 4 rings (SSSR count). The second-order valence-corrected chi connectivity index (χ2v) is 7.51. The van der Waals surface area contributed by atoms with Crippen molar-refractivity contribution in [2.24, 2.45) is 0 Å². The molecule has 3 aromatic rings. The minimum Gasteiger partial charge on any atom is -0.497 e. The quantitative estimate of drug-likeness (QED) is 0.590. The van der Waals surface area contributed by atoms with Crippen LogP contribution in [0.5, 0.6) is 11.5 Å². The van der Waals surface area contributed by atoms with E-state index in [1.807, 2.05) is 18.2 Å². The van der Waals surface area contributed by atoms with Crippen LogP contribution in [-0.2, 0) is 6.54 Å². The van der Waals surface area contributed by atoms with Crippen LogP contribution in [0.1, 0.15) is 37.4 Å². The average molecular weight is 422 g/mol. The Morgan fingerprint density at radius 2 is 1.87 bits per heavy atom. The second-order valence-electron chi connectivity index (χ2n) is 7.51. The lowest BCUT2D eigenvalue weighted by molar-refractivity contribution is 0.251. The summed E-state index contributed by atoms with van der Waals surface area (Å²) < 4.78 is 12.6. The Bertz CT molecular complexity index is 1030. The highest BCUT2D eigenvalue weighted by molar-refractivity contribution is 5.91. The molecule has 2 amide bonds. The molecule has 1 aliphatic rings. The van der Waals surface area contributed by atoms with Crippen molar-refractivity contribution in [1.82, 2.24) is 20.1 Å². The molecule has 0 bridgehead atoms. The van der Waals surface area contributed by atoms with E-state index in [0.717, 1.165) is 29.8 Å². The Balaban J connectivity index is 1.46. The Labute approximate surface area is 181 Å². The van der Waals surface area contributed by atoms with E-state index in [9.17, 15) is 4.79 Å². The van der Waals surface area contributed by atoms with Crippen molar-refractivity contribution in [3.63, 3.8) is 0 Å². The molecule has 0 radical (unpaired) electrons. The van der Waals surface area contributed by atoms with Crippen LogP contribution in [-0.4, -0.2) is 35.0 Å². The van der Waals surface area contributed by atoms with Crippen molar-refractivity contribution < 1.29 is 14.3 Å². The van der Waals surface area contributed by atoms with Crippen LogP contribution >= 0.6 is 0 Å². The molecule has 0 atom stereocenters. The standard InChI is InChI=1S/C23H27N5O3/c1-30-19-7-8-20(22(14-19)31-2)26-23(29)25-15-17-13-21(16-9-11-24-12-10-16)28(27-17)18-5-3-4-6-18/h7-14,18H,3-6,15H2,1-2H3,(H2,25,26,29). The fourth-order valence-corrected chi connectivity index (χ4v) is 3.94. The highest BCUT2D eigenvalue weighted by Gasteiger charge is 2.22. The lowest BCUT2D eigenvalue weighted by Gasteiger charge is -2.14. The maximum atomic E-state index is 12.5. The lowest BCUT2D eigenvalue weighted by atomic mass is 10.1. The molecule has 1 saturated carbocycles. The summed E-state index contributed by atoms with van der Waals surface area (Å²) >= 11 is 0. The summed E-state index contributed by atoms with van der Waals surface area (Å²) in [5, 5.41) is 10.5. The third kappa shape index (κ3) is 4.79. The van der Waals surface area contributed by atoms with Gasteiger partial charge in [-0.05, 0) is 43.2 Å². The zero-order valence-corrected chi connectivity index (χ0v) is 17.8. The SMILES string of the molecule is COc1ccc(NC(=O)NCc2cc(-c3ccncc3)n(C3CCCC3)n2)c(OC)c1. The predicted octanol–water partition coefficient (Wildman–Crippen LogP) is 4.40. The van der Waals surface area contributed by atoms with E-state index in [-0.39, 0.29) is 6.03 Å². The van der Waals surface area contributed by atoms with Gasteiger partial charge in [0.1, 0.15) is 11.5 Å². The van der Waals surface area contributed by atoms with Crippen molar-refractivity contribution in [2.75, 3.05) is 19.5 Å². The molecule has 0 aliphatic heterocycles. The smallest absolute Gasteiger partial charge is 0.319 e. The molecule has 1 aromatic carbocycles. The molecule has 8 nitrogen and oxygen atoms in total. The Kier molecular flexibility index (Phi) is 6.35. The molecule has 162 valence electrons. The summed E-state index contributed by atoms with van der Waals surface area (Å²) in [6.45, 7) is 0.322. The molecule has 1 aliphatic carbocycles. The average Bonchev–Trinajstić information content (AvgIpc) is 3.48. The van der Waals surface area contributed by atoms with Crippen molar-refractivity contribution in [3.8, 4) is 22.8 Å². The van der Waals surface area contributed by atoms with E-state index >= 15 is 0 Å². The number of benzene rings is 1. The maximum Gasteiger partial charge on any atom is 0.319 e. The normalized spacial score (nSPS) is 13.7. The largest absolute Gasteiger partial charge is 0.497 e. The number of carbonyl (C=O) groups is 1. The number of aromatic nitrogens is 3. The Morgan fingerprint density at radius 3 is 2.58 bits per heavy atom. The van der Waals surface area contributed by atoms with Gasteiger partial charge in [-0.2, -0.15) is 5.10 Å². The number of pyridine rings is 1. The number of nitrogens with zero attached hydrogens (tertiary/aromatic N) is 3. The molecule has 2 heterocycles. The fraction of sp³-hybridized carbons (Fsp3) is 0.348. The summed E-state index contributed by atoms with van der Waals surface area (Å²) in [5.41, 5.74) is 3.52. The van der Waals surface area contributed by atoms with E-state index in [2.05, 4.69) is 20.3 Å². The molecule has 2 N–H and O–H groups in total. The third-order valence-corrected chi connectivity index (χ3v) is 5.52. The molecule has 0 unspecified atom stereocenters. The highest BCUT2D eigenvalue weighted by atomic mass is 16.5. The Hall–Kier alpha value is -3.55. The van der Waals surface area contributed by atoms with Gasteiger partial charge in [-0.1, -0.05) is 12.8 Å². The zero-order chi connectivity index (χ0) is 21.6. The van der Waals surface area contributed by atoms with Crippen LogP contribution in [0.2, 0.25) is 0 Å². The maximum absolute atomic E-state index is 12.5. The summed E-state index contributed by atoms with van der Waals surface area (Å²) in [6.07, 6.45) is 8.28. The van der Waals surface area contributed by atoms with Crippen LogP contribution in [0.15, 0.2) is 48.8 Å². The number of nitrogens with one attached hydrogen (secondary N) is 2. The minimum atomic E-state index is -0.329. The first kappa shape index (κ1) is 20.7. The van der Waals surface area contributed by atoms with Gasteiger partial charge in [-0.15, -0.1) is 0 Å². The van der Waals surface area contributed by atoms with Gasteiger partial charge in [0.25, 0.3) is 0 Å². The number of hydrogen-bond donors (Lipinski definition) is 2. The van der Waals surface area contributed by atoms with Crippen molar-refractivity contribution in [3.05, 3.63) is 54.5 Å². The molecule has 2 aromatic heterocycles. The second kappa shape index (κ2) is 9.51. The molecular formula is C23H27N5O3. The Morgan fingerprint density at radius 1 is 1.10 bits per heavy atom. The van der Waals surface area contributed by atoms with Crippen molar-refractivity contribution in [2.45, 2.75) is 38.3 Å². The number of ether oxygens (including phenoxy) is 2. The van der Waals surface area contributed by atoms with Crippen LogP contribution < -0.4 is 20.1 Å². The first-order valence-corrected chi connectivity index (χ1v) is 10.4. The van der Waals surface area contributed by atoms with Crippen LogP contribution in [0.4, 0.5) is 10.5 Å². The molecule has 8 heteroatoms. The molecule has 31 heavy (non-hydrogen) atoms. The van der Waals surface area contributed by atoms with Gasteiger partial charge < -0.3 is 20.1 Å². The predicted molar refractivity (Wildman–Crippen MR) is 118 cm³/mol. The topological polar surface area (TPSA) is 90.3 Å². The van der Waals surface area contributed by atoms with Gasteiger partial charge in [0.2, 0.25) is 0 Å². The van der Waals surface area contributed by atoms with Gasteiger partial charge >= 0.3 is 6.03 Å². The first-order chi connectivity index (χ1) is 15.2. The van der Waals surface area contributed by atoms with E-state index < -0.39 is 0 Å². The van der Waals surface area contributed by atoms with Crippen molar-refractivity contribution in [1.29, 1.82) is 0 Å². The van der Waals surface area contributed by atoms with Crippen molar-refractivity contribution >= 4 is 11.7 Å². The zero-order valence-electron chi connectivity index (χ0n) is 17.8. The number of anilines is 1. The van der Waals surface area contributed by atoms with Crippen LogP contribution in [0.25, 0.3) is 11.3 Å². The number of methoxy groups -OCH3 is 2. The summed E-state index contributed by atoms with van der Waals surface area (Å²) in [6, 6.07) is 11.3. The number of rotatable bonds is 7. The summed E-state index contributed by atoms with van der Waals surface area (Å²) in [4.78, 5) is 16.6. The number of urea groups is 1. The summed E-state index contributed by atoms with van der Waals surface area (Å²) in [7, 11) is 3.13. The van der Waals surface area contributed by atoms with Gasteiger partial charge in [0.05, 0.1) is 43.9 Å². The monoisotopic (exact) mass is 421 g/mol. The lowest BCUT2D eigenvalue weighted by Crippen LogP contribution is -2.28. The van der Waals surface area contributed by atoms with Gasteiger partial charge in [-0.3, -0.25) is 9.67 Å². The van der Waals surface area contributed by atoms with Crippen LogP contribution in [0.3, 0.4) is 0 Å². The fourth-order valence-electron chi connectivity index (χ4n) is 3.94. The van der Waals surface area contributed by atoms with Gasteiger partial charge in [0.15, 0.2) is 0 Å². The van der Waals surface area contributed by atoms with Crippen LogP contribution in [0, 0.1) is 0 Å². The summed E-state index contributed by atoms with van der Waals surface area (Å²) in [5.74, 6) is 1.18. The van der Waals surface area contributed by atoms with Gasteiger partial charge in [-0.25, -0.2) is 4.79 Å². The van der Waals surface area contributed by atoms with E-state index in [1.165, 1.54) is 12.8 Å². The molecular weight excluding hydrogens is 394 g/mol.